The van der Waals surface area contributed by atoms with Crippen molar-refractivity contribution in [3.63, 3.8) is 0 Å². The first-order valence-electron chi connectivity index (χ1n) is 8.91. The molecular weight excluding hydrogens is 448 g/mol. The highest BCUT2D eigenvalue weighted by atomic mass is 79.9. The van der Waals surface area contributed by atoms with Crippen molar-refractivity contribution in [2.24, 2.45) is 10.8 Å². The topological polar surface area (TPSA) is 110 Å². The van der Waals surface area contributed by atoms with E-state index in [1.807, 2.05) is 6.92 Å². The quantitative estimate of drug-likeness (QED) is 0.697. The minimum absolute atomic E-state index is 0. The highest BCUT2D eigenvalue weighted by Gasteiger charge is 2.51. The number of hydrazone groups is 1. The van der Waals surface area contributed by atoms with Gasteiger partial charge in [0, 0.05) is 23.2 Å². The van der Waals surface area contributed by atoms with Crippen LogP contribution in [0.2, 0.25) is 0 Å². The number of nitrogens with two attached hydrogens (primary N) is 1. The van der Waals surface area contributed by atoms with Crippen LogP contribution >= 0.6 is 28.3 Å². The lowest BCUT2D eigenvalue weighted by Crippen LogP contribution is -2.56. The summed E-state index contributed by atoms with van der Waals surface area (Å²) in [7, 11) is 1.71. The van der Waals surface area contributed by atoms with Crippen LogP contribution in [0.4, 0.5) is 4.79 Å². The Kier molecular flexibility index (Phi) is 7.10. The van der Waals surface area contributed by atoms with Gasteiger partial charge in [-0.2, -0.15) is 10.4 Å². The number of rotatable bonds is 4. The van der Waals surface area contributed by atoms with Crippen molar-refractivity contribution in [3.8, 4) is 6.07 Å². The number of hydrogen-bond acceptors (Lipinski definition) is 6. The van der Waals surface area contributed by atoms with E-state index in [4.69, 9.17) is 15.2 Å². The van der Waals surface area contributed by atoms with Gasteiger partial charge < -0.3 is 15.2 Å². The smallest absolute Gasteiger partial charge is 0.428 e. The van der Waals surface area contributed by atoms with Crippen LogP contribution in [0, 0.1) is 11.3 Å². The summed E-state index contributed by atoms with van der Waals surface area (Å²) in [4.78, 5) is 12.0. The Hall–Kier alpha value is -1.66. The molecule has 1 unspecified atom stereocenters. The molecule has 3 rings (SSSR count). The lowest BCUT2D eigenvalue weighted by Gasteiger charge is -2.47. The predicted molar refractivity (Wildman–Crippen MR) is 111 cm³/mol. The van der Waals surface area contributed by atoms with Crippen LogP contribution in [0.25, 0.3) is 0 Å². The maximum absolute atomic E-state index is 12.0. The first kappa shape index (κ1) is 22.6. The van der Waals surface area contributed by atoms with Gasteiger partial charge in [-0.1, -0.05) is 15.9 Å². The summed E-state index contributed by atoms with van der Waals surface area (Å²) in [6.45, 7) is 1.97. The summed E-state index contributed by atoms with van der Waals surface area (Å²) in [6.07, 6.45) is 2.72. The van der Waals surface area contributed by atoms with Crippen molar-refractivity contribution < 1.29 is 14.3 Å². The number of carbonyl (C=O) groups is 1. The largest absolute Gasteiger partial charge is 0.435 e. The van der Waals surface area contributed by atoms with Crippen molar-refractivity contribution in [3.05, 3.63) is 33.8 Å². The van der Waals surface area contributed by atoms with Crippen molar-refractivity contribution in [1.29, 1.82) is 5.26 Å². The van der Waals surface area contributed by atoms with E-state index in [0.29, 0.717) is 37.0 Å². The molecule has 1 amide bonds. The van der Waals surface area contributed by atoms with E-state index in [1.54, 1.807) is 25.3 Å². The molecule has 1 heterocycles. The molecule has 1 aliphatic carbocycles. The zero-order valence-corrected chi connectivity index (χ0v) is 18.2. The molecule has 1 fully saturated rings. The molecule has 1 atom stereocenters. The molecule has 3 N–H and O–H groups in total. The molecule has 1 spiro atoms. The van der Waals surface area contributed by atoms with E-state index >= 15 is 0 Å². The fourth-order valence-corrected chi connectivity index (χ4v) is 4.50. The second-order valence-electron chi connectivity index (χ2n) is 7.33. The summed E-state index contributed by atoms with van der Waals surface area (Å²) in [5.74, 6) is 0. The number of nitrogens with one attached hydrogen (secondary N) is 1. The van der Waals surface area contributed by atoms with Gasteiger partial charge in [0.1, 0.15) is 5.71 Å². The first-order chi connectivity index (χ1) is 12.8. The molecule has 1 aromatic rings. The maximum Gasteiger partial charge on any atom is 0.428 e. The predicted octanol–water partition coefficient (Wildman–Crippen LogP) is 3.62. The fraction of sp³-hybridized carbons (Fsp3) is 0.526. The number of carbonyl (C=O) groups excluding carboxylic acids is 1. The van der Waals surface area contributed by atoms with Crippen LogP contribution in [0.3, 0.4) is 0 Å². The molecule has 0 bridgehead atoms. The molecule has 1 aromatic carbocycles. The Morgan fingerprint density at radius 3 is 2.68 bits per heavy atom. The summed E-state index contributed by atoms with van der Waals surface area (Å²) in [6, 6.07) is 7.44. The van der Waals surface area contributed by atoms with E-state index in [9.17, 15) is 10.1 Å². The van der Waals surface area contributed by atoms with Gasteiger partial charge in [-0.15, -0.1) is 12.4 Å². The third kappa shape index (κ3) is 4.33. The monoisotopic (exact) mass is 470 g/mol. The van der Waals surface area contributed by atoms with Crippen molar-refractivity contribution in [1.82, 2.24) is 5.43 Å². The fourth-order valence-electron chi connectivity index (χ4n) is 4.06. The molecule has 28 heavy (non-hydrogen) atoms. The van der Waals surface area contributed by atoms with Crippen LogP contribution in [-0.4, -0.2) is 36.2 Å². The molecule has 2 aliphatic rings. The van der Waals surface area contributed by atoms with Gasteiger partial charge in [0.15, 0.2) is 5.60 Å². The number of nitrogens with zero attached hydrogens (tertiary/aromatic N) is 2. The highest BCUT2D eigenvalue weighted by Crippen LogP contribution is 2.44. The van der Waals surface area contributed by atoms with Crippen molar-refractivity contribution in [2.45, 2.75) is 56.3 Å². The van der Waals surface area contributed by atoms with Gasteiger partial charge in [0.25, 0.3) is 0 Å². The second-order valence-corrected chi connectivity index (χ2v) is 8.19. The highest BCUT2D eigenvalue weighted by molar-refractivity contribution is 9.10. The lowest BCUT2D eigenvalue weighted by molar-refractivity contribution is -0.0887. The number of hydrogen-bond donors (Lipinski definition) is 2. The normalized spacial score (nSPS) is 27.7. The second kappa shape index (κ2) is 8.78. The standard InChI is InChI=1S/C19H23BrN4O3.ClH/c1-12(22)10-18(26-2)5-7-19(8-6-18)16(23-24-17(25)27-19)14-9-13(11-21)3-4-15(14)20;/h3-4,9,12H,5-8,10,22H2,1-2H3,(H,24,25);1H. The Morgan fingerprint density at radius 1 is 1.43 bits per heavy atom. The van der Waals surface area contributed by atoms with E-state index < -0.39 is 11.7 Å². The van der Waals surface area contributed by atoms with Gasteiger partial charge in [0.05, 0.1) is 17.2 Å². The minimum Gasteiger partial charge on any atom is -0.435 e. The molecule has 1 saturated carbocycles. The average molecular weight is 472 g/mol. The van der Waals surface area contributed by atoms with Gasteiger partial charge >= 0.3 is 6.09 Å². The number of ether oxygens (including phenoxy) is 2. The molecule has 0 aromatic heterocycles. The van der Waals surface area contributed by atoms with E-state index in [2.05, 4.69) is 32.5 Å². The van der Waals surface area contributed by atoms with Crippen LogP contribution < -0.4 is 11.2 Å². The van der Waals surface area contributed by atoms with Gasteiger partial charge in [0.2, 0.25) is 0 Å². The van der Waals surface area contributed by atoms with Gasteiger partial charge in [-0.05, 0) is 57.2 Å². The maximum atomic E-state index is 12.0. The number of amides is 1. The van der Waals surface area contributed by atoms with E-state index in [-0.39, 0.29) is 24.0 Å². The molecule has 1 aliphatic heterocycles. The Bertz CT molecular complexity index is 814. The Balaban J connectivity index is 0.00000280. The van der Waals surface area contributed by atoms with Crippen LogP contribution in [0.15, 0.2) is 27.8 Å². The third-order valence-corrected chi connectivity index (χ3v) is 6.12. The van der Waals surface area contributed by atoms with Crippen molar-refractivity contribution >= 4 is 40.1 Å². The van der Waals surface area contributed by atoms with Crippen LogP contribution in [0.1, 0.15) is 50.2 Å². The average Bonchev–Trinajstić information content (AvgIpc) is 2.64. The van der Waals surface area contributed by atoms with E-state index in [1.165, 1.54) is 0 Å². The molecule has 152 valence electrons. The van der Waals surface area contributed by atoms with Gasteiger partial charge in [-0.25, -0.2) is 10.2 Å². The zero-order chi connectivity index (χ0) is 19.7. The minimum atomic E-state index is -0.848. The number of methoxy groups -OCH3 is 1. The molecular formula is C19H24BrClN4O3. The summed E-state index contributed by atoms with van der Waals surface area (Å²) in [5, 5.41) is 13.6. The van der Waals surface area contributed by atoms with Gasteiger partial charge in [-0.3, -0.25) is 0 Å². The summed E-state index contributed by atoms with van der Waals surface area (Å²) < 4.78 is 12.4. The third-order valence-electron chi connectivity index (χ3n) is 5.43. The summed E-state index contributed by atoms with van der Waals surface area (Å²) >= 11 is 3.53. The summed E-state index contributed by atoms with van der Waals surface area (Å²) in [5.41, 5.74) is 9.12. The van der Waals surface area contributed by atoms with E-state index in [0.717, 1.165) is 16.5 Å². The molecule has 9 heteroatoms. The number of benzene rings is 1. The number of nitriles is 1. The van der Waals surface area contributed by atoms with Crippen LogP contribution in [0.5, 0.6) is 0 Å². The van der Waals surface area contributed by atoms with Crippen molar-refractivity contribution in [2.75, 3.05) is 7.11 Å². The zero-order valence-electron chi connectivity index (χ0n) is 15.8. The Labute approximate surface area is 179 Å². The number of halogens is 2. The SMILES string of the molecule is COC1(CC(C)N)CCC2(CC1)OC(=O)NN=C2c1cc(C#N)ccc1Br.Cl. The first-order valence-corrected chi connectivity index (χ1v) is 9.70. The molecule has 7 nitrogen and oxygen atoms in total. The lowest BCUT2D eigenvalue weighted by atomic mass is 9.70. The van der Waals surface area contributed by atoms with Crippen LogP contribution in [-0.2, 0) is 9.47 Å². The molecule has 0 saturated heterocycles. The molecule has 0 radical (unpaired) electrons. The Morgan fingerprint density at radius 2 is 2.11 bits per heavy atom.